The molecule has 0 bridgehead atoms. The van der Waals surface area contributed by atoms with E-state index in [-0.39, 0.29) is 6.10 Å². The van der Waals surface area contributed by atoms with Crippen molar-refractivity contribution >= 4 is 15.9 Å². The first-order valence-corrected chi connectivity index (χ1v) is 6.43. The highest BCUT2D eigenvalue weighted by molar-refractivity contribution is 9.10. The molecule has 0 spiro atoms. The molecule has 0 N–H and O–H groups in total. The molecule has 0 aliphatic rings. The Morgan fingerprint density at radius 3 is 2.50 bits per heavy atom. The van der Waals surface area contributed by atoms with Crippen LogP contribution in [0.5, 0.6) is 0 Å². The van der Waals surface area contributed by atoms with Crippen molar-refractivity contribution in [1.82, 2.24) is 0 Å². The van der Waals surface area contributed by atoms with Crippen LogP contribution in [0.4, 0.5) is 0 Å². The molecular weight excluding hydrogens is 268 g/mol. The molecule has 2 nitrogen and oxygen atoms in total. The standard InChI is InChI=1S/C13H19BrO2/c1-3-4-9-16-13(10-15-2)11-5-7-12(14)8-6-11/h5-8,13H,3-4,9-10H2,1-2H3/t13-/m0/s1. The Labute approximate surface area is 106 Å². The van der Waals surface area contributed by atoms with Gasteiger partial charge in [0.15, 0.2) is 0 Å². The first kappa shape index (κ1) is 13.7. The molecule has 0 aromatic heterocycles. The quantitative estimate of drug-likeness (QED) is 0.707. The van der Waals surface area contributed by atoms with Crippen molar-refractivity contribution in [2.24, 2.45) is 0 Å². The van der Waals surface area contributed by atoms with Crippen LogP contribution in [0.1, 0.15) is 31.4 Å². The number of rotatable bonds is 7. The lowest BCUT2D eigenvalue weighted by molar-refractivity contribution is -0.00442. The van der Waals surface area contributed by atoms with Gasteiger partial charge in [0, 0.05) is 18.2 Å². The van der Waals surface area contributed by atoms with Crippen LogP contribution in [0.2, 0.25) is 0 Å². The molecular formula is C13H19BrO2. The van der Waals surface area contributed by atoms with E-state index in [4.69, 9.17) is 9.47 Å². The number of ether oxygens (including phenoxy) is 2. The van der Waals surface area contributed by atoms with E-state index in [0.717, 1.165) is 23.9 Å². The summed E-state index contributed by atoms with van der Waals surface area (Å²) in [6.45, 7) is 3.56. The monoisotopic (exact) mass is 286 g/mol. The average molecular weight is 287 g/mol. The second kappa shape index (κ2) is 7.82. The van der Waals surface area contributed by atoms with Gasteiger partial charge < -0.3 is 9.47 Å². The van der Waals surface area contributed by atoms with Gasteiger partial charge in [0.25, 0.3) is 0 Å². The molecule has 1 rings (SSSR count). The van der Waals surface area contributed by atoms with E-state index < -0.39 is 0 Å². The Hall–Kier alpha value is -0.380. The zero-order valence-corrected chi connectivity index (χ0v) is 11.5. The van der Waals surface area contributed by atoms with E-state index in [9.17, 15) is 0 Å². The number of hydrogen-bond donors (Lipinski definition) is 0. The van der Waals surface area contributed by atoms with Crippen molar-refractivity contribution < 1.29 is 9.47 Å². The minimum absolute atomic E-state index is 0.0460. The van der Waals surface area contributed by atoms with Crippen LogP contribution in [0.3, 0.4) is 0 Å². The first-order chi connectivity index (χ1) is 7.77. The van der Waals surface area contributed by atoms with Gasteiger partial charge in [0.05, 0.1) is 6.61 Å². The molecule has 0 saturated carbocycles. The van der Waals surface area contributed by atoms with Crippen LogP contribution in [0, 0.1) is 0 Å². The predicted octanol–water partition coefficient (Wildman–Crippen LogP) is 3.95. The fourth-order valence-electron chi connectivity index (χ4n) is 1.44. The van der Waals surface area contributed by atoms with Crippen molar-refractivity contribution in [3.63, 3.8) is 0 Å². The summed E-state index contributed by atoms with van der Waals surface area (Å²) in [7, 11) is 1.70. The zero-order valence-electron chi connectivity index (χ0n) is 9.91. The second-order valence-corrected chi connectivity index (χ2v) is 4.64. The van der Waals surface area contributed by atoms with Crippen LogP contribution in [0.25, 0.3) is 0 Å². The predicted molar refractivity (Wildman–Crippen MR) is 69.6 cm³/mol. The fraction of sp³-hybridized carbons (Fsp3) is 0.538. The van der Waals surface area contributed by atoms with Crippen molar-refractivity contribution in [3.05, 3.63) is 34.3 Å². The Balaban J connectivity index is 2.57. The van der Waals surface area contributed by atoms with Gasteiger partial charge in [-0.2, -0.15) is 0 Å². The molecule has 16 heavy (non-hydrogen) atoms. The van der Waals surface area contributed by atoms with Crippen LogP contribution in [0.15, 0.2) is 28.7 Å². The maximum absolute atomic E-state index is 5.81. The SMILES string of the molecule is CCCCO[C@@H](COC)c1ccc(Br)cc1. The molecule has 90 valence electrons. The van der Waals surface area contributed by atoms with Crippen LogP contribution >= 0.6 is 15.9 Å². The summed E-state index contributed by atoms with van der Waals surface area (Å²) in [6, 6.07) is 8.20. The van der Waals surface area contributed by atoms with Crippen molar-refractivity contribution in [2.45, 2.75) is 25.9 Å². The summed E-state index contributed by atoms with van der Waals surface area (Å²) >= 11 is 3.43. The summed E-state index contributed by atoms with van der Waals surface area (Å²) in [5, 5.41) is 0. The van der Waals surface area contributed by atoms with Crippen LogP contribution in [-0.2, 0) is 9.47 Å². The topological polar surface area (TPSA) is 18.5 Å². The average Bonchev–Trinajstić information content (AvgIpc) is 2.29. The van der Waals surface area contributed by atoms with Gasteiger partial charge in [-0.05, 0) is 24.1 Å². The van der Waals surface area contributed by atoms with Crippen LogP contribution < -0.4 is 0 Å². The lowest BCUT2D eigenvalue weighted by Gasteiger charge is -2.17. The molecule has 0 saturated heterocycles. The van der Waals surface area contributed by atoms with Gasteiger partial charge in [-0.1, -0.05) is 41.4 Å². The highest BCUT2D eigenvalue weighted by Crippen LogP contribution is 2.20. The number of halogens is 1. The summed E-state index contributed by atoms with van der Waals surface area (Å²) in [5.41, 5.74) is 1.17. The smallest absolute Gasteiger partial charge is 0.106 e. The number of unbranched alkanes of at least 4 members (excludes halogenated alkanes) is 1. The normalized spacial score (nSPS) is 12.7. The van der Waals surface area contributed by atoms with E-state index >= 15 is 0 Å². The van der Waals surface area contributed by atoms with Gasteiger partial charge in [0.2, 0.25) is 0 Å². The van der Waals surface area contributed by atoms with Crippen molar-refractivity contribution in [2.75, 3.05) is 20.3 Å². The molecule has 0 radical (unpaired) electrons. The minimum Gasteiger partial charge on any atom is -0.382 e. The number of methoxy groups -OCH3 is 1. The largest absolute Gasteiger partial charge is 0.382 e. The molecule has 0 heterocycles. The summed E-state index contributed by atoms with van der Waals surface area (Å²) in [5.74, 6) is 0. The second-order valence-electron chi connectivity index (χ2n) is 3.72. The lowest BCUT2D eigenvalue weighted by atomic mass is 10.1. The van der Waals surface area contributed by atoms with Crippen LogP contribution in [-0.4, -0.2) is 20.3 Å². The van der Waals surface area contributed by atoms with E-state index in [2.05, 4.69) is 35.0 Å². The number of hydrogen-bond acceptors (Lipinski definition) is 2. The minimum atomic E-state index is 0.0460. The lowest BCUT2D eigenvalue weighted by Crippen LogP contribution is -2.11. The Bertz CT molecular complexity index is 284. The third-order valence-electron chi connectivity index (χ3n) is 2.38. The molecule has 0 fully saturated rings. The van der Waals surface area contributed by atoms with Gasteiger partial charge in [-0.15, -0.1) is 0 Å². The van der Waals surface area contributed by atoms with Crippen molar-refractivity contribution in [1.29, 1.82) is 0 Å². The molecule has 1 atom stereocenters. The van der Waals surface area contributed by atoms with Gasteiger partial charge >= 0.3 is 0 Å². The Morgan fingerprint density at radius 2 is 1.94 bits per heavy atom. The first-order valence-electron chi connectivity index (χ1n) is 5.64. The fourth-order valence-corrected chi connectivity index (χ4v) is 1.70. The molecule has 0 aliphatic carbocycles. The van der Waals surface area contributed by atoms with Gasteiger partial charge in [-0.3, -0.25) is 0 Å². The van der Waals surface area contributed by atoms with Gasteiger partial charge in [0.1, 0.15) is 6.10 Å². The van der Waals surface area contributed by atoms with E-state index in [1.165, 1.54) is 5.56 Å². The zero-order chi connectivity index (χ0) is 11.8. The maximum Gasteiger partial charge on any atom is 0.106 e. The maximum atomic E-state index is 5.81. The third kappa shape index (κ3) is 4.64. The van der Waals surface area contributed by atoms with E-state index in [1.807, 2.05) is 12.1 Å². The molecule has 1 aromatic carbocycles. The highest BCUT2D eigenvalue weighted by Gasteiger charge is 2.11. The highest BCUT2D eigenvalue weighted by atomic mass is 79.9. The number of benzene rings is 1. The third-order valence-corrected chi connectivity index (χ3v) is 2.91. The molecule has 0 aliphatic heterocycles. The van der Waals surface area contributed by atoms with Crippen molar-refractivity contribution in [3.8, 4) is 0 Å². The summed E-state index contributed by atoms with van der Waals surface area (Å²) in [6.07, 6.45) is 2.29. The summed E-state index contributed by atoms with van der Waals surface area (Å²) < 4.78 is 12.1. The summed E-state index contributed by atoms with van der Waals surface area (Å²) in [4.78, 5) is 0. The molecule has 0 unspecified atom stereocenters. The van der Waals surface area contributed by atoms with E-state index in [0.29, 0.717) is 6.61 Å². The molecule has 3 heteroatoms. The molecule has 1 aromatic rings. The van der Waals surface area contributed by atoms with Gasteiger partial charge in [-0.25, -0.2) is 0 Å². The molecule has 0 amide bonds. The Morgan fingerprint density at radius 1 is 1.25 bits per heavy atom. The van der Waals surface area contributed by atoms with E-state index in [1.54, 1.807) is 7.11 Å². The Kier molecular flexibility index (Phi) is 6.69.